The monoisotopic (exact) mass is 285 g/mol. The fourth-order valence-corrected chi connectivity index (χ4v) is 1.77. The van der Waals surface area contributed by atoms with Crippen molar-refractivity contribution in [2.24, 2.45) is 0 Å². The molecule has 0 bridgehead atoms. The van der Waals surface area contributed by atoms with Crippen molar-refractivity contribution in [1.29, 1.82) is 0 Å². The third-order valence-corrected chi connectivity index (χ3v) is 3.01. The lowest BCUT2D eigenvalue weighted by molar-refractivity contribution is -0.262. The number of rotatable bonds is 5. The summed E-state index contributed by atoms with van der Waals surface area (Å²) in [5, 5.41) is 75.1. The molecule has 0 aliphatic carbocycles. The molecule has 8 atom stereocenters. The van der Waals surface area contributed by atoms with Gasteiger partial charge in [0.15, 0.2) is 0 Å². The van der Waals surface area contributed by atoms with E-state index in [9.17, 15) is 30.6 Å². The van der Waals surface area contributed by atoms with Crippen LogP contribution >= 0.6 is 0 Å². The minimum Gasteiger partial charge on any atom is -0.394 e. The Kier molecular flexibility index (Phi) is 5.45. The summed E-state index contributed by atoms with van der Waals surface area (Å²) in [6.45, 7) is -1.73. The summed E-state index contributed by atoms with van der Waals surface area (Å²) in [5.41, 5.74) is 0. The summed E-state index contributed by atoms with van der Waals surface area (Å²) in [6.07, 6.45) is -16.0. The van der Waals surface area contributed by atoms with Crippen LogP contribution in [0.3, 0.4) is 0 Å². The second-order valence-corrected chi connectivity index (χ2v) is 4.35. The van der Waals surface area contributed by atoms with Crippen molar-refractivity contribution < 1.29 is 47.0 Å². The Labute approximate surface area is 110 Å². The van der Waals surface area contributed by atoms with Gasteiger partial charge in [-0.3, -0.25) is 0 Å². The van der Waals surface area contributed by atoms with E-state index < -0.39 is 62.0 Å². The first kappa shape index (κ1) is 15.0. The van der Waals surface area contributed by atoms with Crippen LogP contribution in [0.15, 0.2) is 0 Å². The number of hydrogen-bond donors (Lipinski definition) is 8. The fourth-order valence-electron chi connectivity index (χ4n) is 1.77. The van der Waals surface area contributed by atoms with Crippen LogP contribution in [-0.2, 0) is 4.74 Å². The van der Waals surface area contributed by atoms with Crippen LogP contribution in [0.5, 0.6) is 0 Å². The molecule has 1 rings (SSSR count). The van der Waals surface area contributed by atoms with Gasteiger partial charge in [-0.15, -0.1) is 0 Å². The first-order valence-corrected chi connectivity index (χ1v) is 5.68. The topological polar surface area (TPSA) is 171 Å². The van der Waals surface area contributed by atoms with Crippen molar-refractivity contribution in [3.05, 3.63) is 0 Å². The van der Waals surface area contributed by atoms with Crippen molar-refractivity contribution in [3.63, 3.8) is 0 Å². The summed E-state index contributed by atoms with van der Waals surface area (Å²) in [5.74, 6) is 0. The standard InChI is InChI=1S/C10H20O9/c11-1-3(13)5(14)8(17)10-9(18)7(16)6(15)4(2-12)19-10/h3-18H,1-2H2/t3-,4-,5-,6-,7+,8?,9+,10?/m1/s1/i10D. The Morgan fingerprint density at radius 3 is 2.05 bits per heavy atom. The summed E-state index contributed by atoms with van der Waals surface area (Å²) < 4.78 is 12.7. The van der Waals surface area contributed by atoms with E-state index in [0.29, 0.717) is 0 Å². The van der Waals surface area contributed by atoms with Gasteiger partial charge in [0.1, 0.15) is 48.8 Å². The van der Waals surface area contributed by atoms with Gasteiger partial charge < -0.3 is 45.6 Å². The van der Waals surface area contributed by atoms with Crippen LogP contribution in [0.1, 0.15) is 1.37 Å². The van der Waals surface area contributed by atoms with Gasteiger partial charge in [-0.2, -0.15) is 0 Å². The molecule has 114 valence electrons. The molecule has 1 aliphatic heterocycles. The lowest BCUT2D eigenvalue weighted by Gasteiger charge is -2.43. The van der Waals surface area contributed by atoms with E-state index in [0.717, 1.165) is 0 Å². The highest BCUT2D eigenvalue weighted by Gasteiger charge is 2.48. The Morgan fingerprint density at radius 2 is 1.58 bits per heavy atom. The number of ether oxygens (including phenoxy) is 1. The van der Waals surface area contributed by atoms with Crippen LogP contribution < -0.4 is 0 Å². The van der Waals surface area contributed by atoms with Crippen molar-refractivity contribution in [2.75, 3.05) is 13.2 Å². The third kappa shape index (κ3) is 3.40. The van der Waals surface area contributed by atoms with Crippen molar-refractivity contribution in [1.82, 2.24) is 0 Å². The molecular weight excluding hydrogens is 264 g/mol. The van der Waals surface area contributed by atoms with Gasteiger partial charge in [0, 0.05) is 0 Å². The van der Waals surface area contributed by atoms with Crippen molar-refractivity contribution in [3.8, 4) is 0 Å². The molecule has 0 aromatic heterocycles. The zero-order valence-corrected chi connectivity index (χ0v) is 9.94. The van der Waals surface area contributed by atoms with Crippen molar-refractivity contribution >= 4 is 0 Å². The fraction of sp³-hybridized carbons (Fsp3) is 1.00. The summed E-state index contributed by atoms with van der Waals surface area (Å²) >= 11 is 0. The largest absolute Gasteiger partial charge is 0.394 e. The van der Waals surface area contributed by atoms with E-state index in [-0.39, 0.29) is 0 Å². The smallest absolute Gasteiger partial charge is 0.115 e. The molecule has 9 nitrogen and oxygen atoms in total. The van der Waals surface area contributed by atoms with Gasteiger partial charge in [0.2, 0.25) is 0 Å². The van der Waals surface area contributed by atoms with Gasteiger partial charge >= 0.3 is 0 Å². The minimum atomic E-state index is -2.71. The van der Waals surface area contributed by atoms with E-state index in [1.54, 1.807) is 0 Å². The van der Waals surface area contributed by atoms with Gasteiger partial charge in [0.05, 0.1) is 14.6 Å². The highest BCUT2D eigenvalue weighted by molar-refractivity contribution is 4.97. The molecule has 2 unspecified atom stereocenters. The maximum Gasteiger partial charge on any atom is 0.115 e. The Hall–Kier alpha value is -0.360. The molecule has 9 heteroatoms. The van der Waals surface area contributed by atoms with E-state index in [1.165, 1.54) is 0 Å². The van der Waals surface area contributed by atoms with Gasteiger partial charge in [-0.1, -0.05) is 0 Å². The molecule has 0 spiro atoms. The van der Waals surface area contributed by atoms with Crippen LogP contribution in [0.4, 0.5) is 0 Å². The molecule has 0 amide bonds. The molecule has 0 saturated carbocycles. The summed E-state index contributed by atoms with van der Waals surface area (Å²) in [6, 6.07) is 0. The van der Waals surface area contributed by atoms with Crippen LogP contribution in [-0.4, -0.2) is 103 Å². The highest BCUT2D eigenvalue weighted by atomic mass is 16.6. The molecule has 0 radical (unpaired) electrons. The SMILES string of the molecule is [2H]C1(C(O)[C@H](O)[C@H](O)CO)O[C@H](CO)[C@@H](O)[C@H](O)[C@@H]1O. The van der Waals surface area contributed by atoms with E-state index >= 15 is 0 Å². The lowest BCUT2D eigenvalue weighted by atomic mass is 9.89. The number of hydrogen-bond acceptors (Lipinski definition) is 9. The molecule has 8 N–H and O–H groups in total. The van der Waals surface area contributed by atoms with Crippen LogP contribution in [0, 0.1) is 0 Å². The molecule has 0 aromatic rings. The van der Waals surface area contributed by atoms with Crippen LogP contribution in [0.25, 0.3) is 0 Å². The zero-order chi connectivity index (χ0) is 15.7. The van der Waals surface area contributed by atoms with E-state index in [2.05, 4.69) is 0 Å². The van der Waals surface area contributed by atoms with Crippen LogP contribution in [0.2, 0.25) is 0 Å². The average molecular weight is 285 g/mol. The Morgan fingerprint density at radius 1 is 1.00 bits per heavy atom. The Balaban J connectivity index is 2.99. The first-order chi connectivity index (χ1) is 9.20. The molecular formula is C10H20O9. The third-order valence-electron chi connectivity index (χ3n) is 3.01. The zero-order valence-electron chi connectivity index (χ0n) is 10.9. The summed E-state index contributed by atoms with van der Waals surface area (Å²) in [7, 11) is 0. The maximum absolute atomic E-state index is 9.82. The molecule has 19 heavy (non-hydrogen) atoms. The lowest BCUT2D eigenvalue weighted by Crippen LogP contribution is -2.64. The minimum absolute atomic E-state index is 0.809. The normalized spacial score (nSPS) is 45.4. The van der Waals surface area contributed by atoms with Gasteiger partial charge in [-0.25, -0.2) is 0 Å². The number of aliphatic hydroxyl groups excluding tert-OH is 8. The first-order valence-electron chi connectivity index (χ1n) is 6.18. The average Bonchev–Trinajstić information content (AvgIpc) is 2.46. The second kappa shape index (κ2) is 6.88. The quantitative estimate of drug-likeness (QED) is 0.246. The van der Waals surface area contributed by atoms with Gasteiger partial charge in [-0.05, 0) is 0 Å². The molecule has 1 heterocycles. The van der Waals surface area contributed by atoms with Crippen molar-refractivity contribution in [2.45, 2.75) is 48.8 Å². The molecule has 0 aromatic carbocycles. The predicted octanol–water partition coefficient (Wildman–Crippen LogP) is -5.10. The van der Waals surface area contributed by atoms with E-state index in [1.807, 2.05) is 0 Å². The highest BCUT2D eigenvalue weighted by Crippen LogP contribution is 2.25. The Bertz CT molecular complexity index is 317. The maximum atomic E-state index is 9.82. The van der Waals surface area contributed by atoms with Gasteiger partial charge in [0.25, 0.3) is 0 Å². The predicted molar refractivity (Wildman–Crippen MR) is 58.9 cm³/mol. The van der Waals surface area contributed by atoms with E-state index in [4.69, 9.17) is 16.3 Å². The second-order valence-electron chi connectivity index (χ2n) is 4.35. The molecule has 1 fully saturated rings. The molecule has 1 aliphatic rings. The summed E-state index contributed by atoms with van der Waals surface area (Å²) in [4.78, 5) is 0. The number of aliphatic hydroxyl groups is 8. The molecule has 1 saturated heterocycles.